The highest BCUT2D eigenvalue weighted by Gasteiger charge is 2.31. The Hall–Kier alpha value is -1.65. The molecular formula is C16H16Cl2N2O3P+. The Labute approximate surface area is 151 Å². The number of halogens is 2. The Bertz CT molecular complexity index is 786. The van der Waals surface area contributed by atoms with Crippen LogP contribution in [-0.4, -0.2) is 29.9 Å². The van der Waals surface area contributed by atoms with Gasteiger partial charge in [0.1, 0.15) is 0 Å². The van der Waals surface area contributed by atoms with E-state index in [1.165, 1.54) is 11.9 Å². The number of hydrogen-bond acceptors (Lipinski definition) is 2. The highest BCUT2D eigenvalue weighted by atomic mass is 35.5. The molecule has 8 heteroatoms. The quantitative estimate of drug-likeness (QED) is 0.788. The van der Waals surface area contributed by atoms with E-state index in [1.54, 1.807) is 49.5 Å². The summed E-state index contributed by atoms with van der Waals surface area (Å²) in [6.45, 7) is 0. The van der Waals surface area contributed by atoms with Crippen molar-refractivity contribution in [3.8, 4) is 0 Å². The van der Waals surface area contributed by atoms with E-state index >= 15 is 0 Å². The minimum atomic E-state index is -2.57. The summed E-state index contributed by atoms with van der Waals surface area (Å²) in [5.74, 6) is 0. The lowest BCUT2D eigenvalue weighted by atomic mass is 9.97. The van der Waals surface area contributed by atoms with Gasteiger partial charge in [0.05, 0.1) is 16.1 Å². The lowest BCUT2D eigenvalue weighted by Gasteiger charge is -2.28. The van der Waals surface area contributed by atoms with Crippen molar-refractivity contribution in [1.82, 2.24) is 10.2 Å². The number of benzene rings is 2. The second kappa shape index (κ2) is 7.95. The molecular weight excluding hydrogens is 370 g/mol. The molecule has 0 fully saturated rings. The zero-order valence-electron chi connectivity index (χ0n) is 13.0. The third-order valence-electron chi connectivity index (χ3n) is 3.62. The van der Waals surface area contributed by atoms with Gasteiger partial charge < -0.3 is 10.2 Å². The van der Waals surface area contributed by atoms with E-state index in [9.17, 15) is 14.3 Å². The van der Waals surface area contributed by atoms with Crippen LogP contribution in [0.5, 0.6) is 0 Å². The molecule has 0 saturated carbocycles. The Kier molecular flexibility index (Phi) is 6.19. The largest absolute Gasteiger partial charge is 0.546 e. The number of carbonyl (C=O) groups excluding carboxylic acids is 1. The van der Waals surface area contributed by atoms with Crippen LogP contribution in [-0.2, 0) is 4.57 Å². The lowest BCUT2D eigenvalue weighted by Crippen LogP contribution is -2.39. The van der Waals surface area contributed by atoms with Gasteiger partial charge in [-0.1, -0.05) is 47.5 Å². The Morgan fingerprint density at radius 2 is 1.88 bits per heavy atom. The molecule has 0 aromatic heterocycles. The first-order valence-electron chi connectivity index (χ1n) is 7.01. The molecule has 2 N–H and O–H groups in total. The van der Waals surface area contributed by atoms with Gasteiger partial charge in [-0.2, -0.15) is 4.89 Å². The molecule has 2 aromatic rings. The summed E-state index contributed by atoms with van der Waals surface area (Å²) in [4.78, 5) is 23.2. The van der Waals surface area contributed by atoms with Gasteiger partial charge >= 0.3 is 14.1 Å². The van der Waals surface area contributed by atoms with Crippen LogP contribution < -0.4 is 10.6 Å². The van der Waals surface area contributed by atoms with E-state index in [2.05, 4.69) is 5.32 Å². The number of nitrogens with one attached hydrogen (secondary N) is 1. The molecule has 0 saturated heterocycles. The van der Waals surface area contributed by atoms with Gasteiger partial charge in [0.2, 0.25) is 5.30 Å². The summed E-state index contributed by atoms with van der Waals surface area (Å²) in [5, 5.41) is 3.55. The van der Waals surface area contributed by atoms with Crippen molar-refractivity contribution >= 4 is 42.6 Å². The van der Waals surface area contributed by atoms with E-state index in [-0.39, 0.29) is 11.3 Å². The van der Waals surface area contributed by atoms with E-state index < -0.39 is 14.1 Å². The van der Waals surface area contributed by atoms with Crippen LogP contribution in [0.3, 0.4) is 0 Å². The van der Waals surface area contributed by atoms with Gasteiger partial charge in [0.25, 0.3) is 0 Å². The van der Waals surface area contributed by atoms with Crippen LogP contribution in [0.25, 0.3) is 0 Å². The first-order chi connectivity index (χ1) is 11.4. The molecule has 5 nitrogen and oxygen atoms in total. The fourth-order valence-electron chi connectivity index (χ4n) is 2.48. The van der Waals surface area contributed by atoms with Crippen LogP contribution in [0, 0.1) is 0 Å². The van der Waals surface area contributed by atoms with Crippen molar-refractivity contribution in [2.45, 2.75) is 6.04 Å². The monoisotopic (exact) mass is 385 g/mol. The average Bonchev–Trinajstić information content (AvgIpc) is 2.57. The Morgan fingerprint density at radius 1 is 1.21 bits per heavy atom. The standard InChI is InChI=1S/C16H15Cl2N2O3P/c1-19-16(21)20(2)15(10-7-8-12(17)13(18)9-10)11-5-3-4-6-14(11)24(22)23/h3-9,15H,1-2H3,(H-,19,21,22,23)/p+1. The van der Waals surface area contributed by atoms with E-state index in [0.29, 0.717) is 21.2 Å². The fraction of sp³-hybridized carbons (Fsp3) is 0.188. The highest BCUT2D eigenvalue weighted by Crippen LogP contribution is 2.33. The zero-order chi connectivity index (χ0) is 17.9. The third kappa shape index (κ3) is 3.87. The molecule has 0 bridgehead atoms. The summed E-state index contributed by atoms with van der Waals surface area (Å²) in [6, 6.07) is 10.8. The van der Waals surface area contributed by atoms with Gasteiger partial charge in [-0.15, -0.1) is 0 Å². The molecule has 2 unspecified atom stereocenters. The van der Waals surface area contributed by atoms with Gasteiger partial charge in [0, 0.05) is 19.7 Å². The molecule has 0 radical (unpaired) electrons. The topological polar surface area (TPSA) is 69.6 Å². The van der Waals surface area contributed by atoms with Crippen LogP contribution >= 0.6 is 31.2 Å². The number of hydrogen-bond donors (Lipinski definition) is 2. The van der Waals surface area contributed by atoms with Crippen LogP contribution in [0.1, 0.15) is 17.2 Å². The molecule has 2 aromatic carbocycles. The molecule has 0 spiro atoms. The molecule has 24 heavy (non-hydrogen) atoms. The minimum Gasteiger partial charge on any atom is -0.341 e. The van der Waals surface area contributed by atoms with Gasteiger partial charge in [-0.25, -0.2) is 4.79 Å². The molecule has 126 valence electrons. The molecule has 2 rings (SSSR count). The summed E-state index contributed by atoms with van der Waals surface area (Å²) in [5.41, 5.74) is 1.23. The second-order valence-corrected chi connectivity index (χ2v) is 6.92. The van der Waals surface area contributed by atoms with Crippen molar-refractivity contribution in [2.75, 3.05) is 14.1 Å². The normalized spacial score (nSPS) is 12.5. The van der Waals surface area contributed by atoms with Crippen LogP contribution in [0.2, 0.25) is 10.0 Å². The molecule has 0 heterocycles. The third-order valence-corrected chi connectivity index (χ3v) is 5.18. The maximum absolute atomic E-state index is 12.2. The van der Waals surface area contributed by atoms with Crippen molar-refractivity contribution in [1.29, 1.82) is 0 Å². The van der Waals surface area contributed by atoms with Crippen LogP contribution in [0.15, 0.2) is 42.5 Å². The second-order valence-electron chi connectivity index (χ2n) is 5.07. The Morgan fingerprint density at radius 3 is 2.46 bits per heavy atom. The fourth-order valence-corrected chi connectivity index (χ4v) is 3.42. The molecule has 2 atom stereocenters. The zero-order valence-corrected chi connectivity index (χ0v) is 15.4. The predicted molar refractivity (Wildman–Crippen MR) is 96.4 cm³/mol. The maximum atomic E-state index is 12.2. The molecule has 2 amide bonds. The highest BCUT2D eigenvalue weighted by molar-refractivity contribution is 7.47. The summed E-state index contributed by atoms with van der Waals surface area (Å²) in [7, 11) is 0.553. The number of urea groups is 1. The van der Waals surface area contributed by atoms with Gasteiger partial charge in [-0.05, 0) is 28.3 Å². The molecule has 0 aliphatic heterocycles. The van der Waals surface area contributed by atoms with E-state index in [4.69, 9.17) is 23.2 Å². The van der Waals surface area contributed by atoms with Crippen molar-refractivity contribution in [3.05, 3.63) is 63.6 Å². The smallest absolute Gasteiger partial charge is 0.341 e. The first-order valence-corrected chi connectivity index (χ1v) is 8.98. The van der Waals surface area contributed by atoms with Crippen molar-refractivity contribution in [2.24, 2.45) is 0 Å². The molecule has 0 aliphatic rings. The summed E-state index contributed by atoms with van der Waals surface area (Å²) >= 11 is 12.1. The Balaban J connectivity index is 2.66. The number of carbonyl (C=O) groups is 1. The van der Waals surface area contributed by atoms with Crippen molar-refractivity contribution < 1.29 is 14.3 Å². The van der Waals surface area contributed by atoms with E-state index in [1.807, 2.05) is 0 Å². The average molecular weight is 386 g/mol. The summed E-state index contributed by atoms with van der Waals surface area (Å²) in [6.07, 6.45) is 0. The number of nitrogens with zero attached hydrogens (tertiary/aromatic N) is 1. The van der Waals surface area contributed by atoms with Crippen molar-refractivity contribution in [3.63, 3.8) is 0 Å². The van der Waals surface area contributed by atoms with Gasteiger partial charge in [0.15, 0.2) is 0 Å². The van der Waals surface area contributed by atoms with Gasteiger partial charge in [-0.3, -0.25) is 0 Å². The maximum Gasteiger partial charge on any atom is 0.546 e. The SMILES string of the molecule is CNC(=O)N(C)C(c1ccc(Cl)c(Cl)c1)c1ccccc1[P+](=O)O. The first kappa shape index (κ1) is 18.7. The van der Waals surface area contributed by atoms with Crippen LogP contribution in [0.4, 0.5) is 4.79 Å². The lowest BCUT2D eigenvalue weighted by molar-refractivity contribution is 0.201. The predicted octanol–water partition coefficient (Wildman–Crippen LogP) is 3.71. The number of amides is 2. The number of rotatable bonds is 4. The molecule has 0 aliphatic carbocycles. The van der Waals surface area contributed by atoms with E-state index in [0.717, 1.165) is 0 Å². The summed E-state index contributed by atoms with van der Waals surface area (Å²) < 4.78 is 11.7. The minimum absolute atomic E-state index is 0.263.